The van der Waals surface area contributed by atoms with Crippen molar-refractivity contribution in [3.05, 3.63) is 0 Å². The third-order valence-electron chi connectivity index (χ3n) is 23.8. The Kier molecular flexibility index (Phi) is 207. The summed E-state index contributed by atoms with van der Waals surface area (Å²) in [6.45, 7) is 47.8. The summed E-state index contributed by atoms with van der Waals surface area (Å²) in [6, 6.07) is 0. The summed E-state index contributed by atoms with van der Waals surface area (Å²) in [5.41, 5.74) is 0.537. The van der Waals surface area contributed by atoms with E-state index in [0.717, 1.165) is 139 Å². The summed E-state index contributed by atoms with van der Waals surface area (Å²) in [5.74, 6) is -11.4. The highest BCUT2D eigenvalue weighted by atomic mass is 16.6. The fourth-order valence-electron chi connectivity index (χ4n) is 15.6. The van der Waals surface area contributed by atoms with Crippen LogP contribution in [0.3, 0.4) is 0 Å². The van der Waals surface area contributed by atoms with Crippen LogP contribution in [0.1, 0.15) is 563 Å². The van der Waals surface area contributed by atoms with Crippen LogP contribution in [0.15, 0.2) is 0 Å². The van der Waals surface area contributed by atoms with Gasteiger partial charge in [0.25, 0.3) is 0 Å². The minimum absolute atomic E-state index is 0. The van der Waals surface area contributed by atoms with Gasteiger partial charge in [-0.1, -0.05) is 499 Å². The predicted molar refractivity (Wildman–Crippen MR) is 637 cm³/mol. The van der Waals surface area contributed by atoms with Gasteiger partial charge in [-0.3, -0.25) is 28.8 Å². The molecule has 14 unspecified atom stereocenters. The van der Waals surface area contributed by atoms with E-state index in [9.17, 15) is 57.5 Å². The lowest BCUT2D eigenvalue weighted by Crippen LogP contribution is -2.38. The molecule has 24 nitrogen and oxygen atoms in total. The average Bonchev–Trinajstić information content (AvgIpc) is 0.839. The first-order valence-electron chi connectivity index (χ1n) is 47.7. The lowest BCUT2D eigenvalue weighted by atomic mass is 9.65. The second-order valence-electron chi connectivity index (χ2n) is 33.4. The summed E-state index contributed by atoms with van der Waals surface area (Å²) in [4.78, 5) is 153. The quantitative estimate of drug-likeness (QED) is 0.0403. The Balaban J connectivity index is -0.0000000532. The molecule has 0 aliphatic heterocycles. The second kappa shape index (κ2) is 140. The third-order valence-corrected chi connectivity index (χ3v) is 23.8. The average molecular weight is 2110 g/mol. The molecule has 0 fully saturated rings. The molecule has 0 bridgehead atoms. The van der Waals surface area contributed by atoms with Crippen molar-refractivity contribution in [2.45, 2.75) is 563 Å². The Bertz CT molecular complexity index is 2530. The molecule has 0 aliphatic carbocycles. The largest absolute Gasteiger partial charge is 0.463 e. The highest BCUT2D eigenvalue weighted by molar-refractivity contribution is 5.91. The molecule has 0 amide bonds. The van der Waals surface area contributed by atoms with Crippen LogP contribution in [0.5, 0.6) is 0 Å². The van der Waals surface area contributed by atoms with Crippen LogP contribution in [0, 0.1) is 88.3 Å². The molecule has 902 valence electrons. The van der Waals surface area contributed by atoms with Gasteiger partial charge in [0.2, 0.25) is 0 Å². The monoisotopic (exact) mass is 2110 g/mol. The molecule has 0 aromatic carbocycles. The SMILES string of the molecule is C.C.C.C.C.C.C.C.C.C.C.C.C.C.C.C.C.C.C.C.C.C.C.C.CCCC(CC)C(C)(C)C(CC)CCC.CCCC(CC)C(CC)CCC.CCCC(CC)COC(=O)COC(=O)C(CC)C(CC)C(=O)OCC(=O)OCC(CC)CCC.CCCC(CC)COC(=O)COC(=O)CC(C(=O)OCC(=O)OCC(CC)CCC)C(CC(=O)OCC(=O)OCC(CC)CCC)C(=O)OCC(=O)OCC(CC)CCC. The van der Waals surface area contributed by atoms with Gasteiger partial charge in [-0.05, 0) is 116 Å². The summed E-state index contributed by atoms with van der Waals surface area (Å²) < 4.78 is 62.3. The van der Waals surface area contributed by atoms with E-state index in [1.807, 2.05) is 69.2 Å². The van der Waals surface area contributed by atoms with Crippen molar-refractivity contribution in [2.24, 2.45) is 88.3 Å². The topological polar surface area (TPSA) is 316 Å². The number of hydrogen-bond donors (Lipinski definition) is 0. The van der Waals surface area contributed by atoms with E-state index in [0.29, 0.717) is 43.3 Å². The molecular weight excluding hydrogens is 1840 g/mol. The van der Waals surface area contributed by atoms with Gasteiger partial charge in [-0.15, -0.1) is 0 Å². The number of ether oxygens (including phenoxy) is 12. The number of carbonyl (C=O) groups excluding carboxylic acids is 12. The van der Waals surface area contributed by atoms with Crippen LogP contribution in [0.25, 0.3) is 0 Å². The van der Waals surface area contributed by atoms with Crippen molar-refractivity contribution in [1.82, 2.24) is 0 Å². The first-order chi connectivity index (χ1) is 57.8. The zero-order valence-corrected chi connectivity index (χ0v) is 80.9. The Morgan fingerprint density at radius 2 is 0.331 bits per heavy atom. The number of rotatable bonds is 69. The molecule has 14 atom stereocenters. The lowest BCUT2D eigenvalue weighted by molar-refractivity contribution is -0.174. The van der Waals surface area contributed by atoms with Gasteiger partial charge >= 0.3 is 71.6 Å². The lowest BCUT2D eigenvalue weighted by Gasteiger charge is -2.41. The zero-order chi connectivity index (χ0) is 92.5. The van der Waals surface area contributed by atoms with E-state index >= 15 is 0 Å². The van der Waals surface area contributed by atoms with Crippen LogP contribution in [0.4, 0.5) is 0 Å². The maximum absolute atomic E-state index is 13.7. The summed E-state index contributed by atoms with van der Waals surface area (Å²) in [7, 11) is 0. The van der Waals surface area contributed by atoms with Crippen molar-refractivity contribution in [1.29, 1.82) is 0 Å². The Morgan fingerprint density at radius 3 is 0.469 bits per heavy atom. The maximum atomic E-state index is 13.7. The molecule has 0 aromatic heterocycles. The van der Waals surface area contributed by atoms with Crippen LogP contribution in [-0.2, 0) is 114 Å². The van der Waals surface area contributed by atoms with Crippen LogP contribution in [0.2, 0.25) is 0 Å². The number of hydrogen-bond acceptors (Lipinski definition) is 24. The van der Waals surface area contributed by atoms with Crippen LogP contribution < -0.4 is 0 Å². The third kappa shape index (κ3) is 105. The Morgan fingerprint density at radius 1 is 0.172 bits per heavy atom. The van der Waals surface area contributed by atoms with Gasteiger partial charge < -0.3 is 56.8 Å². The molecule has 0 saturated carbocycles. The molecular formula is C121H274O24. The van der Waals surface area contributed by atoms with E-state index in [-0.39, 0.29) is 228 Å². The normalized spacial score (nSPS) is 12.2. The van der Waals surface area contributed by atoms with Gasteiger partial charge in [0.05, 0.1) is 76.2 Å². The van der Waals surface area contributed by atoms with E-state index in [1.54, 1.807) is 13.8 Å². The predicted octanol–water partition coefficient (Wildman–Crippen LogP) is 37.1. The van der Waals surface area contributed by atoms with Crippen molar-refractivity contribution < 1.29 is 114 Å². The van der Waals surface area contributed by atoms with E-state index in [1.165, 1.54) is 77.0 Å². The molecule has 0 N–H and O–H groups in total. The molecule has 0 aliphatic rings. The molecule has 0 rings (SSSR count). The van der Waals surface area contributed by atoms with Gasteiger partial charge in [0, 0.05) is 0 Å². The second-order valence-corrected chi connectivity index (χ2v) is 33.4. The highest BCUT2D eigenvalue weighted by Gasteiger charge is 2.42. The maximum Gasteiger partial charge on any atom is 0.344 e. The van der Waals surface area contributed by atoms with Crippen LogP contribution in [-0.4, -0.2) is 151 Å². The van der Waals surface area contributed by atoms with Gasteiger partial charge in [-0.2, -0.15) is 0 Å². The highest BCUT2D eigenvalue weighted by Crippen LogP contribution is 2.43. The molecule has 0 aromatic rings. The molecule has 145 heavy (non-hydrogen) atoms. The zero-order valence-electron chi connectivity index (χ0n) is 80.9. The number of esters is 12. The molecule has 0 heterocycles. The van der Waals surface area contributed by atoms with Gasteiger partial charge in [0.15, 0.2) is 39.6 Å². The van der Waals surface area contributed by atoms with Crippen molar-refractivity contribution >= 4 is 71.6 Å². The van der Waals surface area contributed by atoms with Gasteiger partial charge in [0.1, 0.15) is 0 Å². The van der Waals surface area contributed by atoms with Crippen molar-refractivity contribution in [3.8, 4) is 0 Å². The minimum Gasteiger partial charge on any atom is -0.463 e. The fourth-order valence-corrected chi connectivity index (χ4v) is 15.6. The van der Waals surface area contributed by atoms with Crippen LogP contribution >= 0.6 is 0 Å². The first kappa shape index (κ1) is 215. The summed E-state index contributed by atoms with van der Waals surface area (Å²) >= 11 is 0. The van der Waals surface area contributed by atoms with Crippen molar-refractivity contribution in [2.75, 3.05) is 79.3 Å². The minimum atomic E-state index is -1.87. The summed E-state index contributed by atoms with van der Waals surface area (Å²) in [5, 5.41) is 0. The van der Waals surface area contributed by atoms with E-state index in [2.05, 4.69) is 83.1 Å². The molecule has 0 spiro atoms. The molecule has 0 radical (unpaired) electrons. The fraction of sp³-hybridized carbons (Fsp3) is 0.901. The molecule has 24 heteroatoms. The Labute approximate surface area is 911 Å². The summed E-state index contributed by atoms with van der Waals surface area (Å²) in [6.07, 6.45) is 30.9. The molecule has 0 saturated heterocycles. The van der Waals surface area contributed by atoms with E-state index in [4.69, 9.17) is 56.8 Å². The Hall–Kier alpha value is -6.36. The standard InChI is InChI=1S/C44H74O16.C26H46O8.C15H32.C12H26.24CH4/c1-9-17-31(13-5)23-53-39(47)27-57-37(45)21-35(43(51)59-29-41(49)55-25-33(15-7)19-11-3)36(44(52)60-30-42(50)56-26-34(16-8)20-12-4)22-38(46)58-28-40(48)54-24-32(14-6)18-10-2;1-7-13-19(9-3)15-31-23(27)17-33-25(29)21(11-5)22(12-6)26(30)34-18-24(28)32-16-20(10-4)14-8-2;1-7-11-13(9-3)15(5,6)14(10-4)12-8-2;1-5-9-11(7-3)12(8-4)10-6-2;;;;;;;;;;;;;;;;;;;;;;;;/h31-36H,9-30H2,1-8H3;19-22H,7-18H2,1-6H3;13-14H,7-12H2,1-6H3;11-12H,5-10H2,1-4H3;24*1H4. The van der Waals surface area contributed by atoms with Crippen molar-refractivity contribution in [3.63, 3.8) is 0 Å². The van der Waals surface area contributed by atoms with E-state index < -0.39 is 148 Å². The van der Waals surface area contributed by atoms with Gasteiger partial charge in [-0.25, -0.2) is 28.8 Å². The smallest absolute Gasteiger partial charge is 0.344 e. The number of carbonyl (C=O) groups is 12. The first-order valence-corrected chi connectivity index (χ1v) is 47.7.